The molecular weight excluding hydrogens is 361 g/mol. The van der Waals surface area contributed by atoms with Crippen LogP contribution >= 0.6 is 0 Å². The summed E-state index contributed by atoms with van der Waals surface area (Å²) in [5, 5.41) is 2.51. The van der Waals surface area contributed by atoms with E-state index in [1.807, 2.05) is 6.92 Å². The van der Waals surface area contributed by atoms with Gasteiger partial charge in [-0.2, -0.15) is 13.2 Å². The third-order valence-corrected chi connectivity index (χ3v) is 4.28. The number of nitrogens with zero attached hydrogens (tertiary/aromatic N) is 1. The topological polar surface area (TPSA) is 75.7 Å². The van der Waals surface area contributed by atoms with E-state index >= 15 is 0 Å². The van der Waals surface area contributed by atoms with Gasteiger partial charge in [-0.05, 0) is 31.5 Å². The van der Waals surface area contributed by atoms with Crippen LogP contribution < -0.4 is 9.62 Å². The van der Waals surface area contributed by atoms with Gasteiger partial charge in [0, 0.05) is 19.8 Å². The van der Waals surface area contributed by atoms with Crippen LogP contribution in [0.15, 0.2) is 24.3 Å². The molecule has 0 bridgehead atoms. The molecule has 142 valence electrons. The van der Waals surface area contributed by atoms with Crippen molar-refractivity contribution in [3.8, 4) is 0 Å². The van der Waals surface area contributed by atoms with Crippen LogP contribution in [0.25, 0.3) is 0 Å². The monoisotopic (exact) mass is 382 g/mol. The van der Waals surface area contributed by atoms with Gasteiger partial charge in [-0.25, -0.2) is 8.42 Å². The minimum atomic E-state index is -4.61. The largest absolute Gasteiger partial charge is 0.416 e. The van der Waals surface area contributed by atoms with Crippen molar-refractivity contribution in [2.24, 2.45) is 0 Å². The van der Waals surface area contributed by atoms with E-state index < -0.39 is 34.2 Å². The molecule has 1 N–H and O–H groups in total. The average molecular weight is 382 g/mol. The van der Waals surface area contributed by atoms with E-state index in [0.717, 1.165) is 18.4 Å². The Bertz CT molecular complexity index is 678. The van der Waals surface area contributed by atoms with Gasteiger partial charge >= 0.3 is 6.18 Å². The van der Waals surface area contributed by atoms with E-state index in [9.17, 15) is 26.4 Å². The van der Waals surface area contributed by atoms with Crippen LogP contribution in [0.2, 0.25) is 0 Å². The van der Waals surface area contributed by atoms with E-state index in [4.69, 9.17) is 4.74 Å². The molecule has 0 aliphatic heterocycles. The molecule has 0 fully saturated rings. The van der Waals surface area contributed by atoms with Crippen LogP contribution in [0.5, 0.6) is 0 Å². The van der Waals surface area contributed by atoms with Gasteiger partial charge in [0.15, 0.2) is 0 Å². The Hall–Kier alpha value is -1.81. The van der Waals surface area contributed by atoms with Crippen LogP contribution in [0, 0.1) is 0 Å². The molecule has 0 aliphatic rings. The first-order valence-electron chi connectivity index (χ1n) is 7.55. The molecular formula is C15H21F3N2O4S. The van der Waals surface area contributed by atoms with E-state index in [0.29, 0.717) is 30.0 Å². The number of ether oxygens (including phenoxy) is 1. The number of rotatable bonds is 9. The number of carbonyl (C=O) groups excluding carboxylic acids is 1. The molecule has 0 saturated carbocycles. The van der Waals surface area contributed by atoms with Gasteiger partial charge in [-0.3, -0.25) is 9.10 Å². The van der Waals surface area contributed by atoms with Crippen LogP contribution in [-0.2, 0) is 25.7 Å². The maximum atomic E-state index is 12.8. The Kier molecular flexibility index (Phi) is 7.68. The Balaban J connectivity index is 2.85. The molecule has 6 nitrogen and oxygen atoms in total. The highest BCUT2D eigenvalue weighted by Gasteiger charge is 2.31. The van der Waals surface area contributed by atoms with Gasteiger partial charge in [-0.1, -0.05) is 6.07 Å². The molecule has 0 atom stereocenters. The second kappa shape index (κ2) is 9.04. The molecule has 1 amide bonds. The van der Waals surface area contributed by atoms with Crippen LogP contribution in [0.4, 0.5) is 18.9 Å². The fourth-order valence-corrected chi connectivity index (χ4v) is 2.82. The summed E-state index contributed by atoms with van der Waals surface area (Å²) >= 11 is 0. The number of hydrogen-bond donors (Lipinski definition) is 1. The van der Waals surface area contributed by atoms with E-state index in [1.54, 1.807) is 0 Å². The Morgan fingerprint density at radius 1 is 1.32 bits per heavy atom. The summed E-state index contributed by atoms with van der Waals surface area (Å²) in [6.45, 7) is 2.50. The number of hydrogen-bond acceptors (Lipinski definition) is 4. The molecule has 0 heterocycles. The number of alkyl halides is 3. The average Bonchev–Trinajstić information content (AvgIpc) is 2.50. The van der Waals surface area contributed by atoms with Crippen molar-refractivity contribution in [3.63, 3.8) is 0 Å². The van der Waals surface area contributed by atoms with Gasteiger partial charge in [0.1, 0.15) is 6.54 Å². The normalized spacial score (nSPS) is 12.0. The Labute approximate surface area is 145 Å². The summed E-state index contributed by atoms with van der Waals surface area (Å²) in [6.07, 6.45) is -3.24. The second-order valence-electron chi connectivity index (χ2n) is 5.22. The zero-order valence-corrected chi connectivity index (χ0v) is 14.8. The van der Waals surface area contributed by atoms with Crippen molar-refractivity contribution >= 4 is 21.6 Å². The van der Waals surface area contributed by atoms with Crippen molar-refractivity contribution in [2.45, 2.75) is 19.5 Å². The van der Waals surface area contributed by atoms with Gasteiger partial charge in [0.05, 0.1) is 17.5 Å². The SMILES string of the molecule is CCOCCCNC(=O)CN(c1cccc(C(F)(F)F)c1)S(C)(=O)=O. The molecule has 0 aliphatic carbocycles. The minimum absolute atomic E-state index is 0.221. The van der Waals surface area contributed by atoms with Crippen molar-refractivity contribution in [1.29, 1.82) is 0 Å². The van der Waals surface area contributed by atoms with Gasteiger partial charge in [0.25, 0.3) is 0 Å². The number of amides is 1. The molecule has 0 aromatic heterocycles. The lowest BCUT2D eigenvalue weighted by molar-refractivity contribution is -0.137. The van der Waals surface area contributed by atoms with E-state index in [1.165, 1.54) is 6.07 Å². The maximum absolute atomic E-state index is 12.8. The van der Waals surface area contributed by atoms with Crippen molar-refractivity contribution in [2.75, 3.05) is 36.9 Å². The van der Waals surface area contributed by atoms with E-state index in [2.05, 4.69) is 5.32 Å². The third kappa shape index (κ3) is 7.30. The molecule has 1 rings (SSSR count). The summed E-state index contributed by atoms with van der Waals surface area (Å²) in [5.74, 6) is -0.612. The van der Waals surface area contributed by atoms with Crippen LogP contribution in [0.3, 0.4) is 0 Å². The predicted molar refractivity (Wildman–Crippen MR) is 87.8 cm³/mol. The van der Waals surface area contributed by atoms with Gasteiger partial charge < -0.3 is 10.1 Å². The zero-order chi connectivity index (χ0) is 19.1. The smallest absolute Gasteiger partial charge is 0.382 e. The highest BCUT2D eigenvalue weighted by atomic mass is 32.2. The number of anilines is 1. The first-order valence-corrected chi connectivity index (χ1v) is 9.40. The van der Waals surface area contributed by atoms with Gasteiger partial charge in [-0.15, -0.1) is 0 Å². The Morgan fingerprint density at radius 3 is 2.56 bits per heavy atom. The fourth-order valence-electron chi connectivity index (χ4n) is 1.97. The molecule has 0 saturated heterocycles. The summed E-state index contributed by atoms with van der Waals surface area (Å²) in [6, 6.07) is 3.83. The third-order valence-electron chi connectivity index (χ3n) is 3.14. The van der Waals surface area contributed by atoms with Crippen LogP contribution in [0.1, 0.15) is 18.9 Å². The predicted octanol–water partition coefficient (Wildman–Crippen LogP) is 2.01. The summed E-state index contributed by atoms with van der Waals surface area (Å²) in [7, 11) is -3.93. The molecule has 0 unspecified atom stereocenters. The second-order valence-corrected chi connectivity index (χ2v) is 7.12. The zero-order valence-electron chi connectivity index (χ0n) is 14.0. The number of nitrogens with one attached hydrogen (secondary N) is 1. The van der Waals surface area contributed by atoms with Crippen molar-refractivity contribution < 1.29 is 31.1 Å². The molecule has 1 aromatic carbocycles. The number of carbonyl (C=O) groups is 1. The highest BCUT2D eigenvalue weighted by molar-refractivity contribution is 7.92. The summed E-state index contributed by atoms with van der Waals surface area (Å²) < 4.78 is 67.9. The van der Waals surface area contributed by atoms with E-state index in [-0.39, 0.29) is 12.2 Å². The summed E-state index contributed by atoms with van der Waals surface area (Å²) in [5.41, 5.74) is -1.21. The standard InChI is InChI=1S/C15H21F3N2O4S/c1-3-24-9-5-8-19-14(21)11-20(25(2,22)23)13-7-4-6-12(10-13)15(16,17)18/h4,6-7,10H,3,5,8-9,11H2,1-2H3,(H,19,21). The number of benzene rings is 1. The first-order chi connectivity index (χ1) is 11.6. The maximum Gasteiger partial charge on any atom is 0.416 e. The molecule has 25 heavy (non-hydrogen) atoms. The fraction of sp³-hybridized carbons (Fsp3) is 0.533. The van der Waals surface area contributed by atoms with Gasteiger partial charge in [0.2, 0.25) is 15.9 Å². The number of halogens is 3. The highest BCUT2D eigenvalue weighted by Crippen LogP contribution is 2.32. The minimum Gasteiger partial charge on any atom is -0.382 e. The molecule has 0 spiro atoms. The van der Waals surface area contributed by atoms with Crippen molar-refractivity contribution in [3.05, 3.63) is 29.8 Å². The van der Waals surface area contributed by atoms with Crippen LogP contribution in [-0.4, -0.2) is 46.9 Å². The number of sulfonamides is 1. The lowest BCUT2D eigenvalue weighted by atomic mass is 10.2. The Morgan fingerprint density at radius 2 is 2.00 bits per heavy atom. The molecule has 10 heteroatoms. The first kappa shape index (κ1) is 21.2. The molecule has 1 aromatic rings. The lowest BCUT2D eigenvalue weighted by Crippen LogP contribution is -2.40. The lowest BCUT2D eigenvalue weighted by Gasteiger charge is -2.22. The quantitative estimate of drug-likeness (QED) is 0.663. The summed E-state index contributed by atoms with van der Waals surface area (Å²) in [4.78, 5) is 11.9. The molecule has 0 radical (unpaired) electrons. The van der Waals surface area contributed by atoms with Crippen molar-refractivity contribution in [1.82, 2.24) is 5.32 Å².